The van der Waals surface area contributed by atoms with Gasteiger partial charge in [0.15, 0.2) is 0 Å². The van der Waals surface area contributed by atoms with Gasteiger partial charge in [-0.05, 0) is 30.3 Å². The number of nitrogens with one attached hydrogen (secondary N) is 1. The first-order valence-electron chi connectivity index (χ1n) is 7.40. The first kappa shape index (κ1) is 16.0. The number of carbonyl (C=O) groups excluding carboxylic acids is 1. The van der Waals surface area contributed by atoms with Gasteiger partial charge in [0.25, 0.3) is 5.91 Å². The number of nitrogens with zero attached hydrogens (tertiary/aromatic N) is 1. The molecule has 1 aromatic heterocycles. The molecule has 3 rings (SSSR count). The van der Waals surface area contributed by atoms with Crippen molar-refractivity contribution >= 4 is 23.2 Å². The van der Waals surface area contributed by atoms with Crippen molar-refractivity contribution in [2.24, 2.45) is 0 Å². The summed E-state index contributed by atoms with van der Waals surface area (Å²) < 4.78 is 5.81. The Bertz CT molecular complexity index is 838. The van der Waals surface area contributed by atoms with Crippen LogP contribution in [0.5, 0.6) is 5.75 Å². The highest BCUT2D eigenvalue weighted by atomic mass is 35.5. The Morgan fingerprint density at radius 2 is 1.71 bits per heavy atom. The summed E-state index contributed by atoms with van der Waals surface area (Å²) in [5.74, 6) is 0.264. The van der Waals surface area contributed by atoms with Crippen LogP contribution in [0.15, 0.2) is 73.1 Å². The molecule has 0 aliphatic rings. The lowest BCUT2D eigenvalue weighted by Crippen LogP contribution is -2.13. The van der Waals surface area contributed by atoms with Crippen LogP contribution in [0.3, 0.4) is 0 Å². The Morgan fingerprint density at radius 1 is 1.00 bits per heavy atom. The predicted molar refractivity (Wildman–Crippen MR) is 94.4 cm³/mol. The molecule has 24 heavy (non-hydrogen) atoms. The zero-order chi connectivity index (χ0) is 16.8. The zero-order valence-corrected chi connectivity index (χ0v) is 13.5. The van der Waals surface area contributed by atoms with Crippen molar-refractivity contribution in [3.05, 3.63) is 89.2 Å². The van der Waals surface area contributed by atoms with Crippen molar-refractivity contribution in [1.82, 2.24) is 4.98 Å². The van der Waals surface area contributed by atoms with E-state index in [-0.39, 0.29) is 5.91 Å². The van der Waals surface area contributed by atoms with E-state index in [4.69, 9.17) is 16.3 Å². The second-order valence-corrected chi connectivity index (χ2v) is 5.47. The molecule has 0 saturated carbocycles. The van der Waals surface area contributed by atoms with Gasteiger partial charge in [0.2, 0.25) is 0 Å². The molecule has 0 spiro atoms. The van der Waals surface area contributed by atoms with E-state index in [1.165, 1.54) is 0 Å². The minimum absolute atomic E-state index is 0.240. The molecule has 0 aliphatic carbocycles. The predicted octanol–water partition coefficient (Wildman–Crippen LogP) is 4.57. The molecule has 4 nitrogen and oxygen atoms in total. The fraction of sp³-hybridized carbons (Fsp3) is 0.0526. The quantitative estimate of drug-likeness (QED) is 0.741. The Balaban J connectivity index is 1.75. The Morgan fingerprint density at radius 3 is 2.50 bits per heavy atom. The summed E-state index contributed by atoms with van der Waals surface area (Å²) in [6, 6.07) is 18.0. The maximum atomic E-state index is 12.5. The number of carbonyl (C=O) groups is 1. The van der Waals surface area contributed by atoms with Crippen LogP contribution in [-0.2, 0) is 6.61 Å². The number of para-hydroxylation sites is 1. The topological polar surface area (TPSA) is 51.2 Å². The monoisotopic (exact) mass is 338 g/mol. The van der Waals surface area contributed by atoms with E-state index < -0.39 is 0 Å². The molecule has 5 heteroatoms. The van der Waals surface area contributed by atoms with Crippen molar-refractivity contribution in [3.8, 4) is 5.75 Å². The molecule has 0 aliphatic heterocycles. The molecular formula is C19H15ClN2O2. The molecule has 0 unspecified atom stereocenters. The molecule has 0 fully saturated rings. The van der Waals surface area contributed by atoms with Gasteiger partial charge in [-0.15, -0.1) is 0 Å². The standard InChI is InChI=1S/C19H15ClN2O2/c20-17-7-3-1-5-14(17)13-24-18-8-4-2-6-16(18)19(23)22-15-9-11-21-12-10-15/h1-12H,13H2,(H,21,22,23). The number of amides is 1. The SMILES string of the molecule is O=C(Nc1ccncc1)c1ccccc1OCc1ccccc1Cl. The molecule has 0 saturated heterocycles. The summed E-state index contributed by atoms with van der Waals surface area (Å²) in [5.41, 5.74) is 2.00. The minimum Gasteiger partial charge on any atom is -0.488 e. The number of pyridine rings is 1. The Labute approximate surface area is 145 Å². The molecular weight excluding hydrogens is 324 g/mol. The second kappa shape index (κ2) is 7.62. The second-order valence-electron chi connectivity index (χ2n) is 5.07. The van der Waals surface area contributed by atoms with Crippen LogP contribution in [0.25, 0.3) is 0 Å². The van der Waals surface area contributed by atoms with E-state index in [2.05, 4.69) is 10.3 Å². The van der Waals surface area contributed by atoms with Gasteiger partial charge in [-0.3, -0.25) is 9.78 Å². The molecule has 1 N–H and O–H groups in total. The van der Waals surface area contributed by atoms with Gasteiger partial charge in [0.1, 0.15) is 12.4 Å². The molecule has 0 radical (unpaired) electrons. The third-order valence-electron chi connectivity index (χ3n) is 3.41. The van der Waals surface area contributed by atoms with Crippen LogP contribution in [0.2, 0.25) is 5.02 Å². The van der Waals surface area contributed by atoms with Gasteiger partial charge in [0.05, 0.1) is 5.56 Å². The van der Waals surface area contributed by atoms with Crippen LogP contribution < -0.4 is 10.1 Å². The van der Waals surface area contributed by atoms with E-state index in [1.54, 1.807) is 42.7 Å². The maximum Gasteiger partial charge on any atom is 0.259 e. The molecule has 1 amide bonds. The number of aromatic nitrogens is 1. The smallest absolute Gasteiger partial charge is 0.259 e. The first-order valence-corrected chi connectivity index (χ1v) is 7.78. The minimum atomic E-state index is -0.240. The van der Waals surface area contributed by atoms with Gasteiger partial charge in [-0.25, -0.2) is 0 Å². The average molecular weight is 339 g/mol. The first-order chi connectivity index (χ1) is 11.7. The van der Waals surface area contributed by atoms with E-state index in [0.29, 0.717) is 28.6 Å². The summed E-state index contributed by atoms with van der Waals surface area (Å²) in [4.78, 5) is 16.4. The van der Waals surface area contributed by atoms with Gasteiger partial charge in [-0.2, -0.15) is 0 Å². The highest BCUT2D eigenvalue weighted by molar-refractivity contribution is 6.31. The van der Waals surface area contributed by atoms with Crippen LogP contribution in [-0.4, -0.2) is 10.9 Å². The highest BCUT2D eigenvalue weighted by Gasteiger charge is 2.13. The van der Waals surface area contributed by atoms with E-state index in [0.717, 1.165) is 5.56 Å². The van der Waals surface area contributed by atoms with Crippen LogP contribution in [0.4, 0.5) is 5.69 Å². The normalized spacial score (nSPS) is 10.2. The Hall–Kier alpha value is -2.85. The number of benzene rings is 2. The summed E-state index contributed by atoms with van der Waals surface area (Å²) in [7, 11) is 0. The average Bonchev–Trinajstić information content (AvgIpc) is 2.62. The fourth-order valence-electron chi connectivity index (χ4n) is 2.18. The van der Waals surface area contributed by atoms with Crippen molar-refractivity contribution in [1.29, 1.82) is 0 Å². The van der Waals surface area contributed by atoms with Crippen molar-refractivity contribution in [3.63, 3.8) is 0 Å². The molecule has 2 aromatic carbocycles. The molecule has 1 heterocycles. The number of hydrogen-bond donors (Lipinski definition) is 1. The number of halogens is 1. The third-order valence-corrected chi connectivity index (χ3v) is 3.78. The van der Waals surface area contributed by atoms with Gasteiger partial charge in [0, 0.05) is 28.7 Å². The number of hydrogen-bond acceptors (Lipinski definition) is 3. The lowest BCUT2D eigenvalue weighted by molar-refractivity contribution is 0.102. The summed E-state index contributed by atoms with van der Waals surface area (Å²) in [6.07, 6.45) is 3.24. The van der Waals surface area contributed by atoms with Crippen molar-refractivity contribution < 1.29 is 9.53 Å². The third kappa shape index (κ3) is 3.91. The summed E-state index contributed by atoms with van der Waals surface area (Å²) in [5, 5.41) is 3.46. The number of anilines is 1. The maximum absolute atomic E-state index is 12.5. The summed E-state index contributed by atoms with van der Waals surface area (Å²) in [6.45, 7) is 0.291. The molecule has 0 bridgehead atoms. The lowest BCUT2D eigenvalue weighted by Gasteiger charge is -2.12. The molecule has 0 atom stereocenters. The highest BCUT2D eigenvalue weighted by Crippen LogP contribution is 2.23. The van der Waals surface area contributed by atoms with Crippen molar-refractivity contribution in [2.45, 2.75) is 6.61 Å². The summed E-state index contributed by atoms with van der Waals surface area (Å²) >= 11 is 6.13. The van der Waals surface area contributed by atoms with E-state index in [9.17, 15) is 4.79 Å². The van der Waals surface area contributed by atoms with E-state index in [1.807, 2.05) is 30.3 Å². The fourth-order valence-corrected chi connectivity index (χ4v) is 2.38. The zero-order valence-electron chi connectivity index (χ0n) is 12.8. The number of ether oxygens (including phenoxy) is 1. The molecule has 120 valence electrons. The van der Waals surface area contributed by atoms with Crippen molar-refractivity contribution in [2.75, 3.05) is 5.32 Å². The van der Waals surface area contributed by atoms with Crippen LogP contribution >= 0.6 is 11.6 Å². The number of rotatable bonds is 5. The van der Waals surface area contributed by atoms with Crippen LogP contribution in [0, 0.1) is 0 Å². The lowest BCUT2D eigenvalue weighted by atomic mass is 10.1. The molecule has 3 aromatic rings. The Kier molecular flexibility index (Phi) is 5.08. The van der Waals surface area contributed by atoms with Gasteiger partial charge >= 0.3 is 0 Å². The van der Waals surface area contributed by atoms with Gasteiger partial charge in [-0.1, -0.05) is 41.9 Å². The van der Waals surface area contributed by atoms with Crippen LogP contribution in [0.1, 0.15) is 15.9 Å². The van der Waals surface area contributed by atoms with Gasteiger partial charge < -0.3 is 10.1 Å². The largest absolute Gasteiger partial charge is 0.488 e. The van der Waals surface area contributed by atoms with E-state index >= 15 is 0 Å².